The van der Waals surface area contributed by atoms with Crippen LogP contribution in [-0.2, 0) is 0 Å². The summed E-state index contributed by atoms with van der Waals surface area (Å²) in [6.45, 7) is 1.35. The summed E-state index contributed by atoms with van der Waals surface area (Å²) in [5.41, 5.74) is 0. The van der Waals surface area contributed by atoms with Crippen LogP contribution in [0.25, 0.3) is 0 Å². The van der Waals surface area contributed by atoms with Crippen molar-refractivity contribution in [2.24, 2.45) is 0 Å². The molecule has 0 atom stereocenters. The van der Waals surface area contributed by atoms with Crippen molar-refractivity contribution in [3.63, 3.8) is 0 Å². The monoisotopic (exact) mass is 274 g/mol. The molecule has 0 aliphatic heterocycles. The van der Waals surface area contributed by atoms with Crippen molar-refractivity contribution in [1.82, 2.24) is 10.2 Å². The van der Waals surface area contributed by atoms with Gasteiger partial charge in [-0.15, -0.1) is 0 Å². The topological polar surface area (TPSA) is 54.7 Å². The van der Waals surface area contributed by atoms with Crippen LogP contribution in [0.1, 0.15) is 10.6 Å². The van der Waals surface area contributed by atoms with Crippen molar-refractivity contribution in [1.29, 1.82) is 0 Å². The molecule has 1 N–H and O–H groups in total. The maximum Gasteiger partial charge on any atom is 0.290 e. The highest BCUT2D eigenvalue weighted by atomic mass is 16.6. The number of benzene rings is 1. The summed E-state index contributed by atoms with van der Waals surface area (Å²) >= 11 is 0. The summed E-state index contributed by atoms with van der Waals surface area (Å²) in [6, 6.07) is 12.6. The third-order valence-electron chi connectivity index (χ3n) is 2.80. The number of nitrogens with one attached hydrogen (secondary N) is 1. The summed E-state index contributed by atoms with van der Waals surface area (Å²) in [6.07, 6.45) is 0. The minimum absolute atomic E-state index is 0.164. The van der Waals surface area contributed by atoms with E-state index in [0.29, 0.717) is 18.2 Å². The fourth-order valence-corrected chi connectivity index (χ4v) is 1.66. The molecule has 0 radical (unpaired) electrons. The summed E-state index contributed by atoms with van der Waals surface area (Å²) in [5.74, 6) is 1.09. The molecule has 0 aliphatic rings. The van der Waals surface area contributed by atoms with Gasteiger partial charge in [0.25, 0.3) is 11.9 Å². The average Bonchev–Trinajstić information content (AvgIpc) is 2.93. The number of para-hydroxylation sites is 1. The van der Waals surface area contributed by atoms with Crippen LogP contribution >= 0.6 is 0 Å². The van der Waals surface area contributed by atoms with E-state index in [1.807, 2.05) is 37.4 Å². The van der Waals surface area contributed by atoms with E-state index in [0.717, 1.165) is 6.54 Å². The van der Waals surface area contributed by atoms with Crippen molar-refractivity contribution in [2.75, 3.05) is 27.2 Å². The van der Waals surface area contributed by atoms with Crippen LogP contribution in [0, 0.1) is 0 Å². The normalized spacial score (nSPS) is 10.3. The first-order valence-electron chi connectivity index (χ1n) is 6.43. The molecule has 0 fully saturated rings. The Bertz CT molecular complexity index is 551. The van der Waals surface area contributed by atoms with Crippen LogP contribution in [0.5, 0.6) is 11.7 Å². The summed E-state index contributed by atoms with van der Waals surface area (Å²) < 4.78 is 10.9. The van der Waals surface area contributed by atoms with E-state index >= 15 is 0 Å². The van der Waals surface area contributed by atoms with Crippen LogP contribution < -0.4 is 10.1 Å². The summed E-state index contributed by atoms with van der Waals surface area (Å²) in [5, 5.41) is 2.99. The van der Waals surface area contributed by atoms with Crippen LogP contribution in [-0.4, -0.2) is 38.0 Å². The Labute approximate surface area is 118 Å². The number of hydrogen-bond donors (Lipinski definition) is 1. The zero-order valence-corrected chi connectivity index (χ0v) is 11.6. The maximum atomic E-state index is 12.1. The average molecular weight is 274 g/mol. The molecule has 2 aromatic rings. The smallest absolute Gasteiger partial charge is 0.290 e. The van der Waals surface area contributed by atoms with E-state index in [-0.39, 0.29) is 11.7 Å². The van der Waals surface area contributed by atoms with Gasteiger partial charge in [-0.25, -0.2) is 0 Å². The number of nitrogens with zero attached hydrogens (tertiary/aromatic N) is 1. The fourth-order valence-electron chi connectivity index (χ4n) is 1.66. The number of furan rings is 1. The second-order valence-electron chi connectivity index (χ2n) is 4.36. The first-order chi connectivity index (χ1) is 9.70. The minimum Gasteiger partial charge on any atom is -0.426 e. The standard InChI is InChI=1S/C15H18N2O3/c1-16-10-11-17(2)15(18)13-8-9-14(20-13)19-12-6-4-3-5-7-12/h3-9,16H,10-11H2,1-2H3. The Morgan fingerprint density at radius 2 is 2.00 bits per heavy atom. The second-order valence-corrected chi connectivity index (χ2v) is 4.36. The van der Waals surface area contributed by atoms with Crippen molar-refractivity contribution >= 4 is 5.91 Å². The Morgan fingerprint density at radius 3 is 2.70 bits per heavy atom. The van der Waals surface area contributed by atoms with Gasteiger partial charge >= 0.3 is 0 Å². The first-order valence-corrected chi connectivity index (χ1v) is 6.43. The third-order valence-corrected chi connectivity index (χ3v) is 2.80. The lowest BCUT2D eigenvalue weighted by atomic mass is 10.3. The number of ether oxygens (including phenoxy) is 1. The second kappa shape index (κ2) is 6.77. The molecule has 1 heterocycles. The lowest BCUT2D eigenvalue weighted by Crippen LogP contribution is -2.32. The van der Waals surface area contributed by atoms with E-state index in [1.165, 1.54) is 0 Å². The van der Waals surface area contributed by atoms with E-state index < -0.39 is 0 Å². The molecule has 0 saturated heterocycles. The van der Waals surface area contributed by atoms with Crippen molar-refractivity contribution in [3.05, 3.63) is 48.2 Å². The van der Waals surface area contributed by atoms with Gasteiger partial charge in [0.15, 0.2) is 5.76 Å². The highest BCUT2D eigenvalue weighted by Crippen LogP contribution is 2.23. The summed E-state index contributed by atoms with van der Waals surface area (Å²) in [4.78, 5) is 13.7. The molecule has 106 valence electrons. The highest BCUT2D eigenvalue weighted by Gasteiger charge is 2.16. The lowest BCUT2D eigenvalue weighted by Gasteiger charge is -2.14. The molecule has 0 unspecified atom stereocenters. The van der Waals surface area contributed by atoms with E-state index in [1.54, 1.807) is 24.1 Å². The van der Waals surface area contributed by atoms with Gasteiger partial charge in [0, 0.05) is 26.2 Å². The van der Waals surface area contributed by atoms with Crippen molar-refractivity contribution < 1.29 is 13.9 Å². The van der Waals surface area contributed by atoms with Crippen molar-refractivity contribution in [2.45, 2.75) is 0 Å². The number of amides is 1. The Hall–Kier alpha value is -2.27. The molecular formula is C15H18N2O3. The maximum absolute atomic E-state index is 12.1. The third kappa shape index (κ3) is 3.61. The van der Waals surface area contributed by atoms with Crippen LogP contribution in [0.15, 0.2) is 46.9 Å². The Morgan fingerprint density at radius 1 is 1.25 bits per heavy atom. The molecule has 1 aromatic heterocycles. The number of rotatable bonds is 6. The quantitative estimate of drug-likeness (QED) is 0.878. The summed E-state index contributed by atoms with van der Waals surface area (Å²) in [7, 11) is 3.58. The predicted octanol–water partition coefficient (Wildman–Crippen LogP) is 2.36. The molecule has 1 aromatic carbocycles. The number of carbonyl (C=O) groups is 1. The lowest BCUT2D eigenvalue weighted by molar-refractivity contribution is 0.0760. The van der Waals surface area contributed by atoms with Crippen molar-refractivity contribution in [3.8, 4) is 11.7 Å². The van der Waals surface area contributed by atoms with Gasteiger partial charge in [0.2, 0.25) is 0 Å². The van der Waals surface area contributed by atoms with Crippen LogP contribution in [0.4, 0.5) is 0 Å². The Kier molecular flexibility index (Phi) is 4.79. The van der Waals surface area contributed by atoms with Crippen LogP contribution in [0.2, 0.25) is 0 Å². The molecule has 0 spiro atoms. The molecule has 20 heavy (non-hydrogen) atoms. The van der Waals surface area contributed by atoms with Gasteiger partial charge in [-0.1, -0.05) is 18.2 Å². The Balaban J connectivity index is 2.00. The van der Waals surface area contributed by atoms with Gasteiger partial charge in [-0.3, -0.25) is 4.79 Å². The first kappa shape index (κ1) is 14.1. The van der Waals surface area contributed by atoms with E-state index in [2.05, 4.69) is 5.32 Å². The number of likely N-dealkylation sites (N-methyl/N-ethyl adjacent to an activating group) is 2. The largest absolute Gasteiger partial charge is 0.426 e. The molecule has 2 rings (SSSR count). The fraction of sp³-hybridized carbons (Fsp3) is 0.267. The van der Waals surface area contributed by atoms with Gasteiger partial charge in [-0.05, 0) is 25.2 Å². The number of carbonyl (C=O) groups excluding carboxylic acids is 1. The minimum atomic E-state index is -0.164. The van der Waals surface area contributed by atoms with Crippen LogP contribution in [0.3, 0.4) is 0 Å². The zero-order chi connectivity index (χ0) is 14.4. The zero-order valence-electron chi connectivity index (χ0n) is 11.6. The molecular weight excluding hydrogens is 256 g/mol. The molecule has 0 bridgehead atoms. The van der Waals surface area contributed by atoms with Gasteiger partial charge in [0.1, 0.15) is 5.75 Å². The molecule has 5 heteroatoms. The predicted molar refractivity (Wildman–Crippen MR) is 76.1 cm³/mol. The molecule has 1 amide bonds. The van der Waals surface area contributed by atoms with Gasteiger partial charge in [0.05, 0.1) is 0 Å². The van der Waals surface area contributed by atoms with Gasteiger partial charge < -0.3 is 19.4 Å². The molecule has 5 nitrogen and oxygen atoms in total. The number of hydrogen-bond acceptors (Lipinski definition) is 4. The van der Waals surface area contributed by atoms with E-state index in [9.17, 15) is 4.79 Å². The molecule has 0 saturated carbocycles. The highest BCUT2D eigenvalue weighted by molar-refractivity contribution is 5.91. The SMILES string of the molecule is CNCCN(C)C(=O)c1ccc(Oc2ccccc2)o1. The molecule has 0 aliphatic carbocycles. The van der Waals surface area contributed by atoms with Gasteiger partial charge in [-0.2, -0.15) is 0 Å². The van der Waals surface area contributed by atoms with E-state index in [4.69, 9.17) is 9.15 Å².